The summed E-state index contributed by atoms with van der Waals surface area (Å²) in [5, 5.41) is 0. The largest absolute Gasteiger partial charge is 3.00 e. The van der Waals surface area contributed by atoms with Crippen molar-refractivity contribution < 1.29 is 34.6 Å². The predicted molar refractivity (Wildman–Crippen MR) is 16.2 cm³/mol. The van der Waals surface area contributed by atoms with E-state index in [0.717, 1.165) is 0 Å². The topological polar surface area (TPSA) is 80.3 Å². The van der Waals surface area contributed by atoms with Crippen LogP contribution in [-0.4, -0.2) is 43.4 Å². The first kappa shape index (κ1) is 15.7. The molecule has 0 fully saturated rings. The molecule has 4 nitrogen and oxygen atoms in total. The van der Waals surface area contributed by atoms with Gasteiger partial charge in [-0.25, -0.2) is 0 Å². The minimum Gasteiger partial charge on any atom is -0.759 e. The fraction of sp³-hybridized carbons (Fsp3) is 0. The smallest absolute Gasteiger partial charge is 0.759 e. The molecule has 0 aromatic heterocycles. The molecule has 0 aliphatic heterocycles. The van der Waals surface area contributed by atoms with Crippen molar-refractivity contribution in [3.05, 3.63) is 0 Å². The van der Waals surface area contributed by atoms with Gasteiger partial charge in [0.2, 0.25) is 0 Å². The summed E-state index contributed by atoms with van der Waals surface area (Å²) in [4.78, 5) is 0. The molecular formula is CuInO4S+3. The molecule has 0 saturated heterocycles. The van der Waals surface area contributed by atoms with Crippen LogP contribution in [0.5, 0.6) is 0 Å². The summed E-state index contributed by atoms with van der Waals surface area (Å²) < 4.78 is 34.1. The first-order valence-electron chi connectivity index (χ1n) is 0.667. The van der Waals surface area contributed by atoms with Gasteiger partial charge in [0, 0.05) is 10.4 Å². The number of hydrogen-bond donors (Lipinski definition) is 0. The fourth-order valence-electron chi connectivity index (χ4n) is 0. The Bertz CT molecular complexity index is 94.9. The molecule has 1 radical (unpaired) electrons. The summed E-state index contributed by atoms with van der Waals surface area (Å²) in [6.07, 6.45) is 0. The Morgan fingerprint density at radius 1 is 1.14 bits per heavy atom. The van der Waals surface area contributed by atoms with Crippen molar-refractivity contribution in [3.8, 4) is 0 Å². The molecule has 7 heteroatoms. The fourth-order valence-corrected chi connectivity index (χ4v) is 0. The molecule has 0 aromatic rings. The first-order valence-corrected chi connectivity index (χ1v) is 2.00. The van der Waals surface area contributed by atoms with E-state index in [-0.39, 0.29) is 42.9 Å². The Kier molecular flexibility index (Phi) is 12.1. The molecule has 0 atom stereocenters. The number of rotatable bonds is 0. The summed E-state index contributed by atoms with van der Waals surface area (Å²) in [5.41, 5.74) is 0. The van der Waals surface area contributed by atoms with Gasteiger partial charge in [0.1, 0.15) is 0 Å². The zero-order valence-electron chi connectivity index (χ0n) is 2.92. The second kappa shape index (κ2) is 5.40. The molecular weight excluding hydrogens is 274 g/mol. The summed E-state index contributed by atoms with van der Waals surface area (Å²) >= 11 is 0. The van der Waals surface area contributed by atoms with Gasteiger partial charge in [-0.3, -0.25) is 8.42 Å². The third-order valence-corrected chi connectivity index (χ3v) is 0. The Morgan fingerprint density at radius 2 is 1.14 bits per heavy atom. The van der Waals surface area contributed by atoms with Crippen LogP contribution in [0.3, 0.4) is 0 Å². The zero-order valence-corrected chi connectivity index (χ0v) is 7.97. The third kappa shape index (κ3) is 127. The van der Waals surface area contributed by atoms with Gasteiger partial charge in [-0.05, 0) is 0 Å². The van der Waals surface area contributed by atoms with Crippen molar-refractivity contribution in [3.63, 3.8) is 0 Å². The normalized spacial score (nSPS) is 8.29. The van der Waals surface area contributed by atoms with Gasteiger partial charge in [0.25, 0.3) is 0 Å². The molecule has 0 heterocycles. The van der Waals surface area contributed by atoms with Gasteiger partial charge < -0.3 is 9.11 Å². The Labute approximate surface area is 70.5 Å². The van der Waals surface area contributed by atoms with E-state index >= 15 is 0 Å². The van der Waals surface area contributed by atoms with E-state index in [0.29, 0.717) is 0 Å². The molecule has 0 spiro atoms. The molecule has 41 valence electrons. The van der Waals surface area contributed by atoms with Crippen molar-refractivity contribution in [2.75, 3.05) is 0 Å². The second-order valence-electron chi connectivity index (χ2n) is 0.408. The summed E-state index contributed by atoms with van der Waals surface area (Å²) in [5.74, 6) is 0. The molecule has 0 bridgehead atoms. The van der Waals surface area contributed by atoms with Gasteiger partial charge in [-0.1, -0.05) is 0 Å². The zero-order chi connectivity index (χ0) is 4.50. The van der Waals surface area contributed by atoms with Crippen LogP contribution in [0.25, 0.3) is 0 Å². The first-order chi connectivity index (χ1) is 2.00. The molecule has 0 saturated carbocycles. The maximum atomic E-state index is 8.52. The average molecular weight is 274 g/mol. The van der Waals surface area contributed by atoms with E-state index in [4.69, 9.17) is 17.5 Å². The van der Waals surface area contributed by atoms with E-state index < -0.39 is 10.4 Å². The molecule has 0 aromatic carbocycles. The van der Waals surface area contributed by atoms with Crippen LogP contribution in [0, 0.1) is 0 Å². The number of hydrogen-bond acceptors (Lipinski definition) is 4. The third-order valence-electron chi connectivity index (χ3n) is 0. The Balaban J connectivity index is -0.0000000800. The predicted octanol–water partition coefficient (Wildman–Crippen LogP) is -1.72. The minimum absolute atomic E-state index is 0. The van der Waals surface area contributed by atoms with Crippen LogP contribution in [0.4, 0.5) is 0 Å². The Hall–Kier alpha value is 1.26. The molecule has 0 aliphatic rings. The second-order valence-corrected chi connectivity index (χ2v) is 1.22. The van der Waals surface area contributed by atoms with E-state index in [1.807, 2.05) is 0 Å². The van der Waals surface area contributed by atoms with Crippen LogP contribution in [0.1, 0.15) is 0 Å². The molecule has 0 unspecified atom stereocenters. The summed E-state index contributed by atoms with van der Waals surface area (Å²) in [7, 11) is -5.17. The minimum atomic E-state index is -5.17. The van der Waals surface area contributed by atoms with Crippen LogP contribution >= 0.6 is 0 Å². The van der Waals surface area contributed by atoms with Crippen LogP contribution < -0.4 is 0 Å². The van der Waals surface area contributed by atoms with Gasteiger partial charge in [-0.15, -0.1) is 0 Å². The molecule has 0 aliphatic carbocycles. The van der Waals surface area contributed by atoms with E-state index in [1.54, 1.807) is 0 Å². The van der Waals surface area contributed by atoms with Crippen LogP contribution in [0.2, 0.25) is 0 Å². The van der Waals surface area contributed by atoms with E-state index in [1.165, 1.54) is 0 Å². The summed E-state index contributed by atoms with van der Waals surface area (Å²) in [6, 6.07) is 0. The van der Waals surface area contributed by atoms with Gasteiger partial charge >= 0.3 is 42.9 Å². The van der Waals surface area contributed by atoms with Gasteiger partial charge in [0.05, 0.1) is 0 Å². The van der Waals surface area contributed by atoms with Crippen molar-refractivity contribution in [2.24, 2.45) is 0 Å². The van der Waals surface area contributed by atoms with Gasteiger partial charge in [0.15, 0.2) is 0 Å². The monoisotopic (exact) mass is 274 g/mol. The van der Waals surface area contributed by atoms with Crippen molar-refractivity contribution in [2.45, 2.75) is 0 Å². The summed E-state index contributed by atoms with van der Waals surface area (Å²) in [6.45, 7) is 0. The maximum Gasteiger partial charge on any atom is 3.00 e. The van der Waals surface area contributed by atoms with Gasteiger partial charge in [-0.2, -0.15) is 0 Å². The maximum absolute atomic E-state index is 8.52. The molecule has 7 heavy (non-hydrogen) atoms. The average Bonchev–Trinajstić information content (AvgIpc) is 0.722. The van der Waals surface area contributed by atoms with E-state index in [9.17, 15) is 0 Å². The molecule has 0 rings (SSSR count). The van der Waals surface area contributed by atoms with Crippen molar-refractivity contribution in [1.29, 1.82) is 0 Å². The Morgan fingerprint density at radius 3 is 1.14 bits per heavy atom. The van der Waals surface area contributed by atoms with E-state index in [2.05, 4.69) is 0 Å². The SMILES string of the molecule is O=S(=O)([O-])[O-].[Cu+2].[In+3]. The van der Waals surface area contributed by atoms with Crippen molar-refractivity contribution >= 4 is 36.2 Å². The molecule has 0 N–H and O–H groups in total. The molecule has 0 amide bonds. The van der Waals surface area contributed by atoms with Crippen LogP contribution in [-0.2, 0) is 27.5 Å². The van der Waals surface area contributed by atoms with Crippen LogP contribution in [0.15, 0.2) is 0 Å². The quantitative estimate of drug-likeness (QED) is 0.299. The van der Waals surface area contributed by atoms with Crippen molar-refractivity contribution in [1.82, 2.24) is 0 Å². The standard InChI is InChI=1S/Cu.In.H2O4S/c;;1-5(2,3)4/h;;(H2,1,2,3,4)/q+2;+3;/p-2.